The number of allylic oxidation sites excluding steroid dienone is 4. The highest BCUT2D eigenvalue weighted by Gasteiger charge is 2.87. The van der Waals surface area contributed by atoms with E-state index in [2.05, 4.69) is 33.9 Å². The first-order valence-electron chi connectivity index (χ1n) is 12.8. The molecule has 34 heavy (non-hydrogen) atoms. The molecule has 0 unspecified atom stereocenters. The van der Waals surface area contributed by atoms with E-state index < -0.39 is 42.6 Å². The van der Waals surface area contributed by atoms with Crippen LogP contribution in [0.25, 0.3) is 0 Å². The zero-order valence-electron chi connectivity index (χ0n) is 21.5. The summed E-state index contributed by atoms with van der Waals surface area (Å²) in [5.74, 6) is -0.815. The summed E-state index contributed by atoms with van der Waals surface area (Å²) in [7, 11) is -2.12. The second kappa shape index (κ2) is 6.99. The van der Waals surface area contributed by atoms with Gasteiger partial charge in [-0.05, 0) is 68.3 Å². The summed E-state index contributed by atoms with van der Waals surface area (Å²) in [6, 6.07) is 0. The van der Waals surface area contributed by atoms with Gasteiger partial charge in [-0.1, -0.05) is 39.3 Å². The monoisotopic (exact) mass is 490 g/mol. The van der Waals surface area contributed by atoms with Gasteiger partial charge >= 0.3 is 0 Å². The maximum atomic E-state index is 17.2. The average molecular weight is 491 g/mol. The van der Waals surface area contributed by atoms with Crippen LogP contribution in [0.5, 0.6) is 0 Å². The van der Waals surface area contributed by atoms with Crippen LogP contribution < -0.4 is 0 Å². The normalized spacial score (nSPS) is 47.3. The number of aliphatic hydroxyl groups is 1. The molecule has 5 nitrogen and oxygen atoms in total. The highest BCUT2D eigenvalue weighted by Crippen LogP contribution is 2.76. The second-order valence-corrected chi connectivity index (χ2v) is 18.0. The molecule has 5 aliphatic rings. The molecule has 0 aromatic heterocycles. The Labute approximate surface area is 203 Å². The number of rotatable bonds is 4. The van der Waals surface area contributed by atoms with Crippen molar-refractivity contribution in [2.75, 3.05) is 6.61 Å². The molecule has 0 amide bonds. The number of epoxide rings is 1. The first-order valence-corrected chi connectivity index (χ1v) is 15.7. The molecule has 1 aliphatic heterocycles. The average Bonchev–Trinajstić information content (AvgIpc) is 3.34. The molecule has 0 aromatic rings. The molecule has 188 valence electrons. The van der Waals surface area contributed by atoms with Crippen molar-refractivity contribution in [1.82, 2.24) is 0 Å². The molecule has 4 aliphatic carbocycles. The number of aliphatic hydroxyl groups excluding tert-OH is 1. The number of Topliss-reactive ketones (excluding diaryl/α,β-unsaturated/α-hetero) is 1. The van der Waals surface area contributed by atoms with Gasteiger partial charge in [-0.25, -0.2) is 4.39 Å². The minimum atomic E-state index is -2.12. The Morgan fingerprint density at radius 1 is 1.32 bits per heavy atom. The highest BCUT2D eigenvalue weighted by molar-refractivity contribution is 6.74. The van der Waals surface area contributed by atoms with Gasteiger partial charge in [0.2, 0.25) is 0 Å². The number of ether oxygens (including phenoxy) is 1. The molecule has 4 fully saturated rings. The molecule has 1 heterocycles. The molecule has 0 bridgehead atoms. The van der Waals surface area contributed by atoms with E-state index in [1.807, 2.05) is 13.8 Å². The van der Waals surface area contributed by atoms with Gasteiger partial charge in [-0.3, -0.25) is 9.59 Å². The van der Waals surface area contributed by atoms with Gasteiger partial charge in [0, 0.05) is 17.8 Å². The lowest BCUT2D eigenvalue weighted by molar-refractivity contribution is -0.179. The fourth-order valence-corrected chi connectivity index (χ4v) is 8.62. The lowest BCUT2D eigenvalue weighted by Gasteiger charge is -2.59. The van der Waals surface area contributed by atoms with Crippen LogP contribution in [0.2, 0.25) is 18.1 Å². The summed E-state index contributed by atoms with van der Waals surface area (Å²) >= 11 is 0. The number of carbonyl (C=O) groups is 2. The Morgan fingerprint density at radius 3 is 2.65 bits per heavy atom. The van der Waals surface area contributed by atoms with Crippen molar-refractivity contribution >= 4 is 19.9 Å². The minimum Gasteiger partial charge on any atom is -0.409 e. The van der Waals surface area contributed by atoms with Crippen molar-refractivity contribution in [3.05, 3.63) is 23.8 Å². The maximum absolute atomic E-state index is 17.2. The van der Waals surface area contributed by atoms with Gasteiger partial charge in [0.15, 0.2) is 31.2 Å². The van der Waals surface area contributed by atoms with Crippen LogP contribution in [0, 0.1) is 23.2 Å². The van der Waals surface area contributed by atoms with Crippen molar-refractivity contribution in [1.29, 1.82) is 0 Å². The number of hydrogen-bond donors (Lipinski definition) is 1. The van der Waals surface area contributed by atoms with Crippen molar-refractivity contribution in [2.45, 2.75) is 101 Å². The number of alkyl halides is 1. The van der Waals surface area contributed by atoms with Crippen LogP contribution in [-0.4, -0.2) is 54.6 Å². The van der Waals surface area contributed by atoms with E-state index in [1.54, 1.807) is 12.2 Å². The third kappa shape index (κ3) is 2.76. The molecule has 3 saturated carbocycles. The van der Waals surface area contributed by atoms with E-state index in [0.29, 0.717) is 19.3 Å². The third-order valence-corrected chi connectivity index (χ3v) is 15.2. The Bertz CT molecular complexity index is 1010. The van der Waals surface area contributed by atoms with Crippen LogP contribution in [0.1, 0.15) is 60.3 Å². The van der Waals surface area contributed by atoms with Crippen molar-refractivity contribution < 1.29 is 28.2 Å². The number of halogens is 1. The van der Waals surface area contributed by atoms with Crippen molar-refractivity contribution in [3.63, 3.8) is 0 Å². The molecular weight excluding hydrogens is 451 g/mol. The summed E-state index contributed by atoms with van der Waals surface area (Å²) in [6.45, 7) is 14.5. The fourth-order valence-electron chi connectivity index (χ4n) is 7.70. The van der Waals surface area contributed by atoms with Crippen LogP contribution in [0.15, 0.2) is 23.8 Å². The quantitative estimate of drug-likeness (QED) is 0.457. The Balaban J connectivity index is 1.45. The van der Waals surface area contributed by atoms with Crippen LogP contribution >= 0.6 is 0 Å². The number of carbonyl (C=O) groups excluding carboxylic acids is 2. The van der Waals surface area contributed by atoms with Gasteiger partial charge in [0.1, 0.15) is 5.60 Å². The van der Waals surface area contributed by atoms with E-state index in [0.717, 1.165) is 5.57 Å². The van der Waals surface area contributed by atoms with Gasteiger partial charge in [-0.15, -0.1) is 0 Å². The lowest BCUT2D eigenvalue weighted by Crippen LogP contribution is -2.66. The Morgan fingerprint density at radius 2 is 2.00 bits per heavy atom. The number of hydrogen-bond acceptors (Lipinski definition) is 5. The maximum Gasteiger partial charge on any atom is 0.192 e. The summed E-state index contributed by atoms with van der Waals surface area (Å²) in [5, 5.41) is 11.4. The molecule has 1 spiro atoms. The molecule has 1 N–H and O–H groups in total. The van der Waals surface area contributed by atoms with E-state index >= 15 is 4.39 Å². The Hall–Kier alpha value is -1.15. The summed E-state index contributed by atoms with van der Waals surface area (Å²) in [5.41, 5.74) is -3.96. The minimum absolute atomic E-state index is 0.00623. The second-order valence-electron chi connectivity index (χ2n) is 13.2. The molecule has 7 heteroatoms. The third-order valence-electron chi connectivity index (χ3n) is 10.7. The SMILES string of the molecule is C[C@@H]1C[C@H]2[C@@H]3CCC4=CC(=O)C=C[C@]4(C)[C@@]3(F)[C@@H](O)C[C@@]23O[C@]13C(=O)CO[Si](C)(C)C(C)(C)C. The predicted octanol–water partition coefficient (Wildman–Crippen LogP) is 4.70. The predicted molar refractivity (Wildman–Crippen MR) is 129 cm³/mol. The first-order chi connectivity index (χ1) is 15.6. The summed E-state index contributed by atoms with van der Waals surface area (Å²) in [4.78, 5) is 25.6. The van der Waals surface area contributed by atoms with Gasteiger partial charge in [0.05, 0.1) is 12.7 Å². The number of ketones is 2. The summed E-state index contributed by atoms with van der Waals surface area (Å²) < 4.78 is 29.8. The Kier molecular flexibility index (Phi) is 5.04. The van der Waals surface area contributed by atoms with Gasteiger partial charge < -0.3 is 14.3 Å². The zero-order valence-corrected chi connectivity index (χ0v) is 22.5. The highest BCUT2D eigenvalue weighted by atomic mass is 28.4. The largest absolute Gasteiger partial charge is 0.409 e. The fraction of sp³-hybridized carbons (Fsp3) is 0.778. The molecule has 0 radical (unpaired) electrons. The van der Waals surface area contributed by atoms with E-state index in [1.165, 1.54) is 6.08 Å². The van der Waals surface area contributed by atoms with Crippen LogP contribution in [0.4, 0.5) is 4.39 Å². The van der Waals surface area contributed by atoms with Gasteiger partial charge in [0.25, 0.3) is 0 Å². The van der Waals surface area contributed by atoms with Crippen LogP contribution in [-0.2, 0) is 18.8 Å². The zero-order chi connectivity index (χ0) is 25.1. The molecule has 5 rings (SSSR count). The summed E-state index contributed by atoms with van der Waals surface area (Å²) in [6.07, 6.45) is 5.33. The molecule has 0 aromatic carbocycles. The van der Waals surface area contributed by atoms with Crippen molar-refractivity contribution in [2.24, 2.45) is 23.2 Å². The van der Waals surface area contributed by atoms with Crippen molar-refractivity contribution in [3.8, 4) is 0 Å². The molecule has 8 atom stereocenters. The standard InChI is InChI=1S/C27H39FO5Si/c1-16-12-20-19-9-8-17-13-18(29)10-11-24(17,5)26(19,28)21(30)14-25(20)27(16,33-25)22(31)15-32-34(6,7)23(2,3)4/h10-11,13,16,19-21,30H,8-9,12,14-15H2,1-7H3/t16-,19+,20+,21+,24+,25-,26+,27+/m1/s1. The van der Waals surface area contributed by atoms with Gasteiger partial charge in [-0.2, -0.15) is 0 Å². The lowest BCUT2D eigenvalue weighted by atomic mass is 9.48. The van der Waals surface area contributed by atoms with E-state index in [4.69, 9.17) is 9.16 Å². The topological polar surface area (TPSA) is 76.1 Å². The van der Waals surface area contributed by atoms with Crippen LogP contribution in [0.3, 0.4) is 0 Å². The number of fused-ring (bicyclic) bond motifs is 4. The smallest absolute Gasteiger partial charge is 0.192 e. The first kappa shape index (κ1) is 24.5. The van der Waals surface area contributed by atoms with E-state index in [-0.39, 0.29) is 41.5 Å². The molecular formula is C27H39FO5Si. The van der Waals surface area contributed by atoms with E-state index in [9.17, 15) is 14.7 Å². The molecule has 1 saturated heterocycles.